The van der Waals surface area contributed by atoms with Crippen molar-refractivity contribution in [2.45, 2.75) is 18.9 Å². The van der Waals surface area contributed by atoms with Crippen LogP contribution in [0.15, 0.2) is 59.1 Å². The zero-order chi connectivity index (χ0) is 14.4. The molecule has 0 aliphatic rings. The lowest BCUT2D eigenvalue weighted by Gasteiger charge is -2.16. The molecule has 2 N–H and O–H groups in total. The Hall–Kier alpha value is -1.16. The van der Waals surface area contributed by atoms with E-state index >= 15 is 0 Å². The Kier molecular flexibility index (Phi) is 5.77. The molecule has 0 bridgehead atoms. The normalized spacial score (nSPS) is 13.9. The molecule has 0 heterocycles. The molecular formula is C17H20BrNO. The minimum Gasteiger partial charge on any atom is -0.387 e. The molecule has 0 radical (unpaired) electrons. The van der Waals surface area contributed by atoms with Crippen LogP contribution in [0.5, 0.6) is 0 Å². The Morgan fingerprint density at radius 1 is 1.00 bits per heavy atom. The van der Waals surface area contributed by atoms with Gasteiger partial charge >= 0.3 is 0 Å². The quantitative estimate of drug-likeness (QED) is 0.840. The molecular weight excluding hydrogens is 314 g/mol. The average molecular weight is 334 g/mol. The van der Waals surface area contributed by atoms with Crippen molar-refractivity contribution in [2.24, 2.45) is 0 Å². The second kappa shape index (κ2) is 7.58. The number of aliphatic hydroxyl groups is 1. The van der Waals surface area contributed by atoms with Crippen LogP contribution in [-0.2, 0) is 0 Å². The maximum absolute atomic E-state index is 10.1. The summed E-state index contributed by atoms with van der Waals surface area (Å²) >= 11 is 3.42. The van der Waals surface area contributed by atoms with Crippen molar-refractivity contribution in [1.29, 1.82) is 0 Å². The van der Waals surface area contributed by atoms with Gasteiger partial charge in [-0.1, -0.05) is 65.3 Å². The van der Waals surface area contributed by atoms with Crippen LogP contribution in [0.2, 0.25) is 0 Å². The number of rotatable bonds is 6. The molecule has 2 unspecified atom stereocenters. The van der Waals surface area contributed by atoms with Crippen molar-refractivity contribution in [3.05, 3.63) is 70.2 Å². The van der Waals surface area contributed by atoms with Gasteiger partial charge in [0.15, 0.2) is 0 Å². The first kappa shape index (κ1) is 15.2. The molecule has 0 aliphatic carbocycles. The molecule has 2 rings (SSSR count). The smallest absolute Gasteiger partial charge is 0.0914 e. The summed E-state index contributed by atoms with van der Waals surface area (Å²) in [6.07, 6.45) is -0.476. The van der Waals surface area contributed by atoms with E-state index in [1.807, 2.05) is 30.3 Å². The standard InChI is InChI=1S/C17H20BrNO/c1-13(14-6-3-2-4-7-14)11-19-12-17(20)15-8-5-9-16(18)10-15/h2-10,13,17,19-20H,11-12H2,1H3. The van der Waals surface area contributed by atoms with Gasteiger partial charge in [0.25, 0.3) is 0 Å². The molecule has 3 heteroatoms. The maximum atomic E-state index is 10.1. The second-order valence-corrected chi connectivity index (χ2v) is 5.96. The molecule has 20 heavy (non-hydrogen) atoms. The van der Waals surface area contributed by atoms with E-state index in [1.165, 1.54) is 5.56 Å². The number of nitrogens with one attached hydrogen (secondary N) is 1. The summed E-state index contributed by atoms with van der Waals surface area (Å²) in [6, 6.07) is 18.2. The molecule has 0 aliphatic heterocycles. The van der Waals surface area contributed by atoms with E-state index in [0.29, 0.717) is 12.5 Å². The van der Waals surface area contributed by atoms with Crippen molar-refractivity contribution in [1.82, 2.24) is 5.32 Å². The van der Waals surface area contributed by atoms with Crippen LogP contribution < -0.4 is 5.32 Å². The molecule has 0 fully saturated rings. The number of halogens is 1. The number of benzene rings is 2. The molecule has 0 spiro atoms. The highest BCUT2D eigenvalue weighted by Crippen LogP contribution is 2.18. The first-order valence-electron chi connectivity index (χ1n) is 6.86. The van der Waals surface area contributed by atoms with E-state index in [0.717, 1.165) is 16.6 Å². The van der Waals surface area contributed by atoms with E-state index in [2.05, 4.69) is 52.4 Å². The van der Waals surface area contributed by atoms with Gasteiger partial charge in [-0.25, -0.2) is 0 Å². The Labute approximate surface area is 129 Å². The van der Waals surface area contributed by atoms with Gasteiger partial charge in [-0.05, 0) is 29.2 Å². The van der Waals surface area contributed by atoms with E-state index in [1.54, 1.807) is 0 Å². The van der Waals surface area contributed by atoms with Gasteiger partial charge < -0.3 is 10.4 Å². The van der Waals surface area contributed by atoms with Crippen LogP contribution in [-0.4, -0.2) is 18.2 Å². The van der Waals surface area contributed by atoms with Gasteiger partial charge in [-0.3, -0.25) is 0 Å². The highest BCUT2D eigenvalue weighted by atomic mass is 79.9. The molecule has 0 amide bonds. The van der Waals surface area contributed by atoms with E-state index in [9.17, 15) is 5.11 Å². The van der Waals surface area contributed by atoms with Gasteiger partial charge in [0.1, 0.15) is 0 Å². The summed E-state index contributed by atoms with van der Waals surface area (Å²) in [5, 5.41) is 13.5. The summed E-state index contributed by atoms with van der Waals surface area (Å²) in [5.74, 6) is 0.436. The Bertz CT molecular complexity index is 530. The van der Waals surface area contributed by atoms with Crippen LogP contribution in [0.1, 0.15) is 30.1 Å². The van der Waals surface area contributed by atoms with Crippen LogP contribution in [0, 0.1) is 0 Å². The molecule has 2 atom stereocenters. The monoisotopic (exact) mass is 333 g/mol. The van der Waals surface area contributed by atoms with Crippen molar-refractivity contribution in [3.8, 4) is 0 Å². The van der Waals surface area contributed by atoms with Crippen molar-refractivity contribution in [3.63, 3.8) is 0 Å². The number of aliphatic hydroxyl groups excluding tert-OH is 1. The largest absolute Gasteiger partial charge is 0.387 e. The summed E-state index contributed by atoms with van der Waals surface area (Å²) in [4.78, 5) is 0. The van der Waals surface area contributed by atoms with Crippen LogP contribution >= 0.6 is 15.9 Å². The lowest BCUT2D eigenvalue weighted by molar-refractivity contribution is 0.174. The molecule has 2 aromatic rings. The van der Waals surface area contributed by atoms with Crippen molar-refractivity contribution < 1.29 is 5.11 Å². The fourth-order valence-electron chi connectivity index (χ4n) is 2.17. The van der Waals surface area contributed by atoms with Crippen LogP contribution in [0.4, 0.5) is 0 Å². The third-order valence-electron chi connectivity index (χ3n) is 3.39. The zero-order valence-electron chi connectivity index (χ0n) is 11.6. The van der Waals surface area contributed by atoms with Crippen LogP contribution in [0.25, 0.3) is 0 Å². The predicted molar refractivity (Wildman–Crippen MR) is 86.8 cm³/mol. The zero-order valence-corrected chi connectivity index (χ0v) is 13.2. The topological polar surface area (TPSA) is 32.3 Å². The van der Waals surface area contributed by atoms with E-state index < -0.39 is 6.10 Å². The third-order valence-corrected chi connectivity index (χ3v) is 3.88. The third kappa shape index (κ3) is 4.44. The minimum atomic E-state index is -0.476. The molecule has 0 saturated heterocycles. The van der Waals surface area contributed by atoms with Gasteiger partial charge in [-0.2, -0.15) is 0 Å². The summed E-state index contributed by atoms with van der Waals surface area (Å²) in [7, 11) is 0. The Morgan fingerprint density at radius 2 is 1.70 bits per heavy atom. The first-order chi connectivity index (χ1) is 9.66. The first-order valence-corrected chi connectivity index (χ1v) is 7.65. The molecule has 2 aromatic carbocycles. The average Bonchev–Trinajstić information content (AvgIpc) is 2.48. The second-order valence-electron chi connectivity index (χ2n) is 5.04. The number of hydrogen-bond acceptors (Lipinski definition) is 2. The fourth-order valence-corrected chi connectivity index (χ4v) is 2.58. The fraction of sp³-hybridized carbons (Fsp3) is 0.294. The van der Waals surface area contributed by atoms with E-state index in [-0.39, 0.29) is 0 Å². The molecule has 0 saturated carbocycles. The SMILES string of the molecule is CC(CNCC(O)c1cccc(Br)c1)c1ccccc1. The van der Waals surface area contributed by atoms with Crippen molar-refractivity contribution in [2.75, 3.05) is 13.1 Å². The number of hydrogen-bond donors (Lipinski definition) is 2. The van der Waals surface area contributed by atoms with Gasteiger partial charge in [0.05, 0.1) is 6.10 Å². The minimum absolute atomic E-state index is 0.436. The molecule has 0 aromatic heterocycles. The lowest BCUT2D eigenvalue weighted by Crippen LogP contribution is -2.25. The summed E-state index contributed by atoms with van der Waals surface area (Å²) in [5.41, 5.74) is 2.25. The molecule has 2 nitrogen and oxygen atoms in total. The molecule has 106 valence electrons. The van der Waals surface area contributed by atoms with Crippen molar-refractivity contribution >= 4 is 15.9 Å². The lowest BCUT2D eigenvalue weighted by atomic mass is 10.0. The van der Waals surface area contributed by atoms with Crippen LogP contribution in [0.3, 0.4) is 0 Å². The summed E-state index contributed by atoms with van der Waals surface area (Å²) in [6.45, 7) is 3.61. The summed E-state index contributed by atoms with van der Waals surface area (Å²) < 4.78 is 0.992. The maximum Gasteiger partial charge on any atom is 0.0914 e. The van der Waals surface area contributed by atoms with Gasteiger partial charge in [0.2, 0.25) is 0 Å². The van der Waals surface area contributed by atoms with Gasteiger partial charge in [-0.15, -0.1) is 0 Å². The van der Waals surface area contributed by atoms with E-state index in [4.69, 9.17) is 0 Å². The highest BCUT2D eigenvalue weighted by molar-refractivity contribution is 9.10. The predicted octanol–water partition coefficient (Wildman–Crippen LogP) is 3.88. The van der Waals surface area contributed by atoms with Gasteiger partial charge in [0, 0.05) is 17.6 Å². The Morgan fingerprint density at radius 3 is 2.40 bits per heavy atom. The Balaban J connectivity index is 1.81. The highest BCUT2D eigenvalue weighted by Gasteiger charge is 2.09.